The number of allylic oxidation sites excluding steroid dienone is 12. The maximum absolute atomic E-state index is 13.2. The van der Waals surface area contributed by atoms with Gasteiger partial charge in [0, 0.05) is 50.5 Å². The Bertz CT molecular complexity index is 2260. The monoisotopic (exact) mass is 1350 g/mol. The predicted molar refractivity (Wildman–Crippen MR) is 341 cm³/mol. The lowest BCUT2D eigenvalue weighted by Crippen LogP contribution is -2.64. The summed E-state index contributed by atoms with van der Waals surface area (Å²) < 4.78 is 67.4. The minimum absolute atomic E-state index is 0.0271. The molecule has 0 saturated carbocycles. The molecule has 3 aliphatic rings. The van der Waals surface area contributed by atoms with Crippen molar-refractivity contribution in [1.29, 1.82) is 0 Å². The number of carboxylic acids is 1. The smallest absolute Gasteiger partial charge is 0.311 e. The number of hydrogen-bond acceptors (Lipinski definition) is 26. The van der Waals surface area contributed by atoms with Crippen molar-refractivity contribution in [3.63, 3.8) is 0 Å². The molecule has 0 radical (unpaired) electrons. The van der Waals surface area contributed by atoms with Crippen molar-refractivity contribution in [2.75, 3.05) is 112 Å². The highest BCUT2D eigenvalue weighted by Crippen LogP contribution is 2.38. The number of fused-ring (bicyclic) bond motifs is 2. The molecule has 94 heavy (non-hydrogen) atoms. The van der Waals surface area contributed by atoms with E-state index in [9.17, 15) is 70.6 Å². The van der Waals surface area contributed by atoms with Crippen LogP contribution in [0.1, 0.15) is 85.5 Å². The van der Waals surface area contributed by atoms with E-state index in [4.69, 9.17) is 62.6 Å². The molecule has 2 bridgehead atoms. The number of ether oxygens (including phenoxy) is 12. The summed E-state index contributed by atoms with van der Waals surface area (Å²) in [6.07, 6.45) is 1.34. The fourth-order valence-electron chi connectivity index (χ4n) is 10.3. The molecule has 0 spiro atoms. The van der Waals surface area contributed by atoms with Crippen LogP contribution in [0.25, 0.3) is 0 Å². The van der Waals surface area contributed by atoms with Gasteiger partial charge in [-0.3, -0.25) is 14.4 Å². The third kappa shape index (κ3) is 35.8. The van der Waals surface area contributed by atoms with Crippen LogP contribution >= 0.6 is 0 Å². The standard InChI is InChI=1S/C66H110N2O26/c1-45-17-15-13-11-9-7-5-6-8-10-12-14-16-18-52(42-56-59(64(80)81)55(74)44-66(82,94-56)43-51(71)40-54(73)53(72)20-19-49(69)39-50(70)41-58(76)91-47(3)46(2)61(45)77)93-65-63(79)60(62(78)48(4)92-65)68-57(75)21-23-83-25-27-85-29-31-87-33-35-89-37-38-90-36-34-88-32-30-86-28-26-84-24-22-67/h5-18,45-56,59-63,65,69-74,77-79,82H,19-44,67H2,1-4H3,(H,68,75)(H,80,81)/b6-5-,9-7-,10-8-,13-11-,14-12-,17-15-,18-16+/t45-,46-,47-,48+,49+,50+,51-,52-,53+,54+,55-,56-,59+,60-,61+,62+,63-,65-,66+/m0/s1. The lowest BCUT2D eigenvalue weighted by atomic mass is 9.82. The number of nitrogens with one attached hydrogen (secondary N) is 1. The second-order valence-corrected chi connectivity index (χ2v) is 23.5. The number of aliphatic hydroxyl groups excluding tert-OH is 9. The number of carboxylic acid groups (broad SMARTS) is 1. The zero-order valence-electron chi connectivity index (χ0n) is 55.0. The van der Waals surface area contributed by atoms with Crippen LogP contribution in [-0.4, -0.2) is 284 Å². The van der Waals surface area contributed by atoms with Gasteiger partial charge in [-0.25, -0.2) is 0 Å². The lowest BCUT2D eigenvalue weighted by Gasteiger charge is -2.45. The molecule has 19 atom stereocenters. The summed E-state index contributed by atoms with van der Waals surface area (Å²) in [4.78, 5) is 38.7. The first-order valence-electron chi connectivity index (χ1n) is 32.6. The van der Waals surface area contributed by atoms with E-state index in [1.165, 1.54) is 13.0 Å². The van der Waals surface area contributed by atoms with E-state index in [0.717, 1.165) is 0 Å². The van der Waals surface area contributed by atoms with E-state index in [2.05, 4.69) is 5.32 Å². The van der Waals surface area contributed by atoms with Gasteiger partial charge in [-0.1, -0.05) is 98.9 Å². The number of rotatable bonds is 30. The molecule has 3 rings (SSSR count). The second-order valence-electron chi connectivity index (χ2n) is 23.5. The van der Waals surface area contributed by atoms with Gasteiger partial charge in [-0.15, -0.1) is 0 Å². The summed E-state index contributed by atoms with van der Waals surface area (Å²) in [5.41, 5.74) is 5.36. The van der Waals surface area contributed by atoms with Crippen LogP contribution in [-0.2, 0) is 71.2 Å². The first kappa shape index (κ1) is 83.9. The summed E-state index contributed by atoms with van der Waals surface area (Å²) in [6.45, 7) is 13.0. The molecule has 0 aromatic rings. The Morgan fingerprint density at radius 1 is 0.543 bits per heavy atom. The van der Waals surface area contributed by atoms with E-state index in [1.807, 2.05) is 13.0 Å². The Labute approximate surface area is 552 Å². The molecule has 0 aromatic heterocycles. The first-order valence-corrected chi connectivity index (χ1v) is 32.6. The van der Waals surface area contributed by atoms with Gasteiger partial charge >= 0.3 is 11.9 Å². The molecule has 14 N–H and O–H groups in total. The summed E-state index contributed by atoms with van der Waals surface area (Å²) in [6, 6.07) is -1.33. The van der Waals surface area contributed by atoms with Crippen molar-refractivity contribution in [3.8, 4) is 0 Å². The Morgan fingerprint density at radius 3 is 1.52 bits per heavy atom. The van der Waals surface area contributed by atoms with Crippen molar-refractivity contribution in [2.45, 2.75) is 183 Å². The fourth-order valence-corrected chi connectivity index (χ4v) is 10.3. The second kappa shape index (κ2) is 49.3. The summed E-state index contributed by atoms with van der Waals surface area (Å²) in [5.74, 6) is -7.69. The maximum atomic E-state index is 13.2. The molecule has 2 saturated heterocycles. The van der Waals surface area contributed by atoms with Gasteiger partial charge in [0.1, 0.15) is 24.2 Å². The van der Waals surface area contributed by atoms with E-state index >= 15 is 0 Å². The van der Waals surface area contributed by atoms with Crippen molar-refractivity contribution in [1.82, 2.24) is 5.32 Å². The van der Waals surface area contributed by atoms with E-state index in [0.29, 0.717) is 92.4 Å². The third-order valence-corrected chi connectivity index (χ3v) is 15.6. The molecule has 1 amide bonds. The zero-order chi connectivity index (χ0) is 69.1. The van der Waals surface area contributed by atoms with Gasteiger partial charge in [0.05, 0.1) is 179 Å². The number of aliphatic carboxylic acids is 1. The van der Waals surface area contributed by atoms with Crippen LogP contribution in [0.15, 0.2) is 85.1 Å². The Hall–Kier alpha value is -4.29. The lowest BCUT2D eigenvalue weighted by molar-refractivity contribution is -0.309. The molecule has 2 fully saturated rings. The van der Waals surface area contributed by atoms with Gasteiger partial charge in [0.25, 0.3) is 0 Å². The summed E-state index contributed by atoms with van der Waals surface area (Å²) in [5, 5.41) is 124. The van der Waals surface area contributed by atoms with Gasteiger partial charge in [-0.2, -0.15) is 0 Å². The number of carbonyl (C=O) groups excluding carboxylic acids is 2. The molecule has 28 nitrogen and oxygen atoms in total. The SMILES string of the molecule is C[C@@H]1[C@H](O)[C@@H](C)\C=C/C=C\C=C/C=C\C=C/C=C\C=C\[C@H](O[C@@H]2O[C@H](C)[C@@H](O)[C@H](NC(=O)CCOCCOCCOCCOCCOCCOCCOCCOCCN)[C@@H]2O)C[C@@H]2O[C@](O)(C[C@@H](O)C[C@@H](O)[C@H](O)CC[C@@H](O)C[C@@H](O)CC(=O)O[C@H]1C)C[C@H](O)[C@H]2C(=O)O. The number of hydrogen-bond donors (Lipinski definition) is 13. The summed E-state index contributed by atoms with van der Waals surface area (Å²) >= 11 is 0. The number of carbonyl (C=O) groups is 3. The highest BCUT2D eigenvalue weighted by atomic mass is 16.7. The van der Waals surface area contributed by atoms with Crippen molar-refractivity contribution < 1.29 is 127 Å². The average molecular weight is 1350 g/mol. The number of amides is 1. The van der Waals surface area contributed by atoms with Crippen LogP contribution in [0, 0.1) is 17.8 Å². The fraction of sp³-hybridized carbons (Fsp3) is 0.742. The van der Waals surface area contributed by atoms with Crippen LogP contribution in [0.5, 0.6) is 0 Å². The number of aliphatic hydroxyl groups is 10. The van der Waals surface area contributed by atoms with E-state index in [-0.39, 0.29) is 51.4 Å². The largest absolute Gasteiger partial charge is 0.481 e. The molecule has 3 aliphatic heterocycles. The summed E-state index contributed by atoms with van der Waals surface area (Å²) in [7, 11) is 0. The van der Waals surface area contributed by atoms with Crippen LogP contribution in [0.2, 0.25) is 0 Å². The number of cyclic esters (lactones) is 1. The topological polar surface area (TPSA) is 423 Å². The number of nitrogens with two attached hydrogens (primary N) is 1. The quantitative estimate of drug-likeness (QED) is 0.0341. The van der Waals surface area contributed by atoms with Crippen LogP contribution in [0.4, 0.5) is 0 Å². The molecule has 0 aliphatic carbocycles. The van der Waals surface area contributed by atoms with Crippen molar-refractivity contribution in [3.05, 3.63) is 85.1 Å². The highest BCUT2D eigenvalue weighted by molar-refractivity contribution is 5.76. The average Bonchev–Trinajstić information content (AvgIpc) is 0.799. The van der Waals surface area contributed by atoms with Gasteiger partial charge < -0.3 is 124 Å². The van der Waals surface area contributed by atoms with E-state index in [1.54, 1.807) is 86.8 Å². The number of esters is 1. The minimum Gasteiger partial charge on any atom is -0.481 e. The Kier molecular flexibility index (Phi) is 44.0. The molecule has 540 valence electrons. The molecule has 3 heterocycles. The third-order valence-electron chi connectivity index (χ3n) is 15.6. The molecule has 28 heteroatoms. The Morgan fingerprint density at radius 2 is 1.02 bits per heavy atom. The van der Waals surface area contributed by atoms with Crippen LogP contribution < -0.4 is 11.1 Å². The van der Waals surface area contributed by atoms with Crippen LogP contribution in [0.3, 0.4) is 0 Å². The normalized spacial score (nSPS) is 35.1. The van der Waals surface area contributed by atoms with Crippen molar-refractivity contribution >= 4 is 17.8 Å². The highest BCUT2D eigenvalue weighted by Gasteiger charge is 2.51. The molecule has 0 unspecified atom stereocenters. The molecular formula is C66H110N2O26. The van der Waals surface area contributed by atoms with Gasteiger partial charge in [0.2, 0.25) is 5.91 Å². The van der Waals surface area contributed by atoms with Gasteiger partial charge in [0.15, 0.2) is 12.1 Å². The molecular weight excluding hydrogens is 1240 g/mol. The molecule has 0 aromatic carbocycles. The zero-order valence-corrected chi connectivity index (χ0v) is 55.0. The maximum Gasteiger partial charge on any atom is 0.311 e. The Balaban J connectivity index is 1.62. The van der Waals surface area contributed by atoms with Gasteiger partial charge in [-0.05, 0) is 33.1 Å². The van der Waals surface area contributed by atoms with Crippen molar-refractivity contribution in [2.24, 2.45) is 23.5 Å². The first-order chi connectivity index (χ1) is 45.0. The minimum atomic E-state index is -2.41. The van der Waals surface area contributed by atoms with E-state index < -0.39 is 159 Å². The predicted octanol–water partition coefficient (Wildman–Crippen LogP) is 0.351.